The average molecular weight is 527 g/mol. The third kappa shape index (κ3) is 6.10. The minimum atomic E-state index is -3.91. The van der Waals surface area contributed by atoms with Gasteiger partial charge in [0.1, 0.15) is 28.8 Å². The standard InChI is InChI=1S/C27H34N4O5S/c1-19-14-31(20(2)17-32)37(33,34)27-9-8-23(22-6-5-7-24(10-22)35-4)11-25(27)36-26(19)16-30(3)15-21-12-28-18-29-13-21/h5-13,18-20,26,32H,14-17H2,1-4H3/t19-,20-,26+/m1/s1. The Morgan fingerprint density at radius 3 is 2.62 bits per heavy atom. The summed E-state index contributed by atoms with van der Waals surface area (Å²) in [5, 5.41) is 9.86. The summed E-state index contributed by atoms with van der Waals surface area (Å²) in [6.45, 7) is 4.83. The van der Waals surface area contributed by atoms with E-state index in [1.807, 2.05) is 38.2 Å². The van der Waals surface area contributed by atoms with Crippen molar-refractivity contribution in [2.24, 2.45) is 5.92 Å². The van der Waals surface area contributed by atoms with Crippen LogP contribution in [0.5, 0.6) is 11.5 Å². The molecule has 9 nitrogen and oxygen atoms in total. The van der Waals surface area contributed by atoms with Crippen LogP contribution in [0.1, 0.15) is 19.4 Å². The Morgan fingerprint density at radius 2 is 1.92 bits per heavy atom. The lowest BCUT2D eigenvalue weighted by Crippen LogP contribution is -2.49. The molecule has 0 bridgehead atoms. The van der Waals surface area contributed by atoms with Crippen molar-refractivity contribution in [3.8, 4) is 22.6 Å². The molecule has 0 amide bonds. The highest BCUT2D eigenvalue weighted by atomic mass is 32.2. The molecule has 0 spiro atoms. The van der Waals surface area contributed by atoms with Crippen LogP contribution in [-0.2, 0) is 16.6 Å². The first-order valence-corrected chi connectivity index (χ1v) is 13.7. The van der Waals surface area contributed by atoms with Gasteiger partial charge in [-0.3, -0.25) is 4.90 Å². The van der Waals surface area contributed by atoms with Gasteiger partial charge in [0.2, 0.25) is 10.0 Å². The molecule has 3 aromatic rings. The van der Waals surface area contributed by atoms with Gasteiger partial charge in [-0.1, -0.05) is 25.1 Å². The monoisotopic (exact) mass is 526 g/mol. The summed E-state index contributed by atoms with van der Waals surface area (Å²) in [6.07, 6.45) is 4.74. The van der Waals surface area contributed by atoms with Gasteiger partial charge in [-0.25, -0.2) is 18.4 Å². The number of aromatic nitrogens is 2. The third-order valence-electron chi connectivity index (χ3n) is 6.63. The summed E-state index contributed by atoms with van der Waals surface area (Å²) >= 11 is 0. The number of hydrogen-bond donors (Lipinski definition) is 1. The van der Waals surface area contributed by atoms with Gasteiger partial charge < -0.3 is 14.6 Å². The maximum Gasteiger partial charge on any atom is 0.247 e. The van der Waals surface area contributed by atoms with Crippen LogP contribution in [0.4, 0.5) is 0 Å². The zero-order valence-electron chi connectivity index (χ0n) is 21.6. The Kier molecular flexibility index (Phi) is 8.43. The summed E-state index contributed by atoms with van der Waals surface area (Å²) in [7, 11) is -0.312. The zero-order chi connectivity index (χ0) is 26.6. The Hall–Kier alpha value is -3.05. The van der Waals surface area contributed by atoms with E-state index in [-0.39, 0.29) is 30.1 Å². The van der Waals surface area contributed by atoms with E-state index in [1.54, 1.807) is 44.6 Å². The van der Waals surface area contributed by atoms with Crippen LogP contribution in [-0.4, -0.2) is 78.7 Å². The fraction of sp³-hybridized carbons (Fsp3) is 0.407. The second-order valence-electron chi connectivity index (χ2n) is 9.58. The van der Waals surface area contributed by atoms with Gasteiger partial charge in [-0.05, 0) is 49.4 Å². The van der Waals surface area contributed by atoms with Gasteiger partial charge in [-0.2, -0.15) is 4.31 Å². The fourth-order valence-electron chi connectivity index (χ4n) is 4.52. The molecule has 198 valence electrons. The summed E-state index contributed by atoms with van der Waals surface area (Å²) in [6, 6.07) is 12.2. The molecule has 1 aliphatic heterocycles. The van der Waals surface area contributed by atoms with E-state index in [2.05, 4.69) is 14.9 Å². The lowest BCUT2D eigenvalue weighted by atomic mass is 10.0. The number of fused-ring (bicyclic) bond motifs is 1. The Balaban J connectivity index is 1.73. The predicted octanol–water partition coefficient (Wildman–Crippen LogP) is 3.05. The van der Waals surface area contributed by atoms with E-state index >= 15 is 0 Å². The fourth-order valence-corrected chi connectivity index (χ4v) is 6.35. The van der Waals surface area contributed by atoms with Crippen LogP contribution in [0.15, 0.2) is 66.1 Å². The molecule has 0 saturated heterocycles. The number of likely N-dealkylation sites (N-methyl/N-ethyl adjacent to an activating group) is 1. The quantitative estimate of drug-likeness (QED) is 0.478. The number of methoxy groups -OCH3 is 1. The van der Waals surface area contributed by atoms with Crippen LogP contribution in [0.3, 0.4) is 0 Å². The van der Waals surface area contributed by atoms with Crippen LogP contribution in [0, 0.1) is 5.92 Å². The van der Waals surface area contributed by atoms with E-state index < -0.39 is 16.1 Å². The molecule has 4 rings (SSSR count). The summed E-state index contributed by atoms with van der Waals surface area (Å²) in [5.74, 6) is 0.856. The summed E-state index contributed by atoms with van der Waals surface area (Å²) in [4.78, 5) is 10.4. The molecule has 37 heavy (non-hydrogen) atoms. The summed E-state index contributed by atoms with van der Waals surface area (Å²) in [5.41, 5.74) is 2.68. The Morgan fingerprint density at radius 1 is 1.19 bits per heavy atom. The van der Waals surface area contributed by atoms with Gasteiger partial charge in [0, 0.05) is 49.6 Å². The molecule has 0 saturated carbocycles. The second-order valence-corrected chi connectivity index (χ2v) is 11.4. The van der Waals surface area contributed by atoms with E-state index in [0.717, 1.165) is 16.7 Å². The molecule has 2 aromatic carbocycles. The normalized spacial score (nSPS) is 20.4. The highest BCUT2D eigenvalue weighted by molar-refractivity contribution is 7.89. The Labute approximate surface area is 218 Å². The van der Waals surface area contributed by atoms with Gasteiger partial charge in [0.15, 0.2) is 0 Å². The largest absolute Gasteiger partial charge is 0.497 e. The van der Waals surface area contributed by atoms with E-state index in [1.165, 1.54) is 10.6 Å². The average Bonchev–Trinajstić information content (AvgIpc) is 2.90. The molecule has 0 fully saturated rings. The molecule has 0 aliphatic carbocycles. The minimum Gasteiger partial charge on any atom is -0.497 e. The van der Waals surface area contributed by atoms with Crippen LogP contribution in [0.25, 0.3) is 11.1 Å². The van der Waals surface area contributed by atoms with Crippen molar-refractivity contribution in [1.82, 2.24) is 19.2 Å². The molecular formula is C27H34N4O5S. The van der Waals surface area contributed by atoms with E-state index in [0.29, 0.717) is 24.6 Å². The minimum absolute atomic E-state index is 0.0930. The number of rotatable bonds is 8. The third-order valence-corrected chi connectivity index (χ3v) is 8.65. The van der Waals surface area contributed by atoms with Gasteiger partial charge in [-0.15, -0.1) is 0 Å². The van der Waals surface area contributed by atoms with Crippen LogP contribution in [0.2, 0.25) is 0 Å². The zero-order valence-corrected chi connectivity index (χ0v) is 22.4. The number of benzene rings is 2. The first-order valence-electron chi connectivity index (χ1n) is 12.2. The molecule has 3 atom stereocenters. The number of sulfonamides is 1. The molecule has 2 heterocycles. The lowest BCUT2D eigenvalue weighted by molar-refractivity contribution is 0.0733. The molecule has 1 aliphatic rings. The topological polar surface area (TPSA) is 105 Å². The lowest BCUT2D eigenvalue weighted by Gasteiger charge is -2.37. The van der Waals surface area contributed by atoms with Crippen molar-refractivity contribution in [1.29, 1.82) is 0 Å². The molecule has 0 radical (unpaired) electrons. The number of aliphatic hydroxyl groups excluding tert-OH is 1. The maximum absolute atomic E-state index is 13.7. The SMILES string of the molecule is COc1cccc(-c2ccc3c(c2)O[C@@H](CN(C)Cc2cncnc2)[C@H](C)CN([C@H](C)CO)S3(=O)=O)c1. The number of ether oxygens (including phenoxy) is 2. The second kappa shape index (κ2) is 11.6. The first-order chi connectivity index (χ1) is 17.7. The molecule has 1 aromatic heterocycles. The van der Waals surface area contributed by atoms with Crippen molar-refractivity contribution in [3.05, 3.63) is 66.7 Å². The molecule has 10 heteroatoms. The van der Waals surface area contributed by atoms with E-state index in [9.17, 15) is 13.5 Å². The highest BCUT2D eigenvalue weighted by Gasteiger charge is 2.38. The number of hydrogen-bond acceptors (Lipinski definition) is 8. The Bertz CT molecular complexity index is 1310. The smallest absolute Gasteiger partial charge is 0.247 e. The molecular weight excluding hydrogens is 492 g/mol. The van der Waals surface area contributed by atoms with Crippen molar-refractivity contribution < 1.29 is 23.0 Å². The highest BCUT2D eigenvalue weighted by Crippen LogP contribution is 2.37. The van der Waals surface area contributed by atoms with Crippen molar-refractivity contribution >= 4 is 10.0 Å². The molecule has 0 unspecified atom stereocenters. The van der Waals surface area contributed by atoms with Crippen molar-refractivity contribution in [2.75, 3.05) is 33.9 Å². The van der Waals surface area contributed by atoms with Crippen molar-refractivity contribution in [3.63, 3.8) is 0 Å². The van der Waals surface area contributed by atoms with Crippen molar-refractivity contribution in [2.45, 2.75) is 37.4 Å². The predicted molar refractivity (Wildman–Crippen MR) is 141 cm³/mol. The molecule has 1 N–H and O–H groups in total. The van der Waals surface area contributed by atoms with Crippen LogP contribution >= 0.6 is 0 Å². The number of aliphatic hydroxyl groups is 1. The van der Waals surface area contributed by atoms with Gasteiger partial charge in [0.25, 0.3) is 0 Å². The first kappa shape index (κ1) is 27.0. The van der Waals surface area contributed by atoms with Crippen LogP contribution < -0.4 is 9.47 Å². The summed E-state index contributed by atoms with van der Waals surface area (Å²) < 4.78 is 40.7. The van der Waals surface area contributed by atoms with Gasteiger partial charge in [0.05, 0.1) is 13.7 Å². The maximum atomic E-state index is 13.7. The number of nitrogens with zero attached hydrogens (tertiary/aromatic N) is 4. The van der Waals surface area contributed by atoms with Gasteiger partial charge >= 0.3 is 0 Å². The van der Waals surface area contributed by atoms with E-state index in [4.69, 9.17) is 9.47 Å².